The van der Waals surface area contributed by atoms with Crippen molar-refractivity contribution in [2.24, 2.45) is 0 Å². The SMILES string of the molecule is Cc1ncsc1Cn1c(Cc2ccc(F)cc2)noc1=O. The van der Waals surface area contributed by atoms with E-state index in [1.807, 2.05) is 6.92 Å². The molecule has 0 saturated heterocycles. The van der Waals surface area contributed by atoms with Crippen molar-refractivity contribution >= 4 is 11.3 Å². The molecule has 3 aromatic rings. The van der Waals surface area contributed by atoms with Gasteiger partial charge in [-0.25, -0.2) is 14.2 Å². The number of nitrogens with zero attached hydrogens (tertiary/aromatic N) is 3. The van der Waals surface area contributed by atoms with Gasteiger partial charge >= 0.3 is 5.76 Å². The summed E-state index contributed by atoms with van der Waals surface area (Å²) in [6.07, 6.45) is 0.407. The lowest BCUT2D eigenvalue weighted by atomic mass is 10.1. The summed E-state index contributed by atoms with van der Waals surface area (Å²) in [5.74, 6) is -0.282. The summed E-state index contributed by atoms with van der Waals surface area (Å²) in [4.78, 5) is 16.9. The van der Waals surface area contributed by atoms with Gasteiger partial charge in [0.05, 0.1) is 17.7 Å². The van der Waals surface area contributed by atoms with Crippen LogP contribution in [-0.2, 0) is 13.0 Å². The van der Waals surface area contributed by atoms with E-state index in [4.69, 9.17) is 4.52 Å². The van der Waals surface area contributed by atoms with E-state index in [0.29, 0.717) is 18.8 Å². The first kappa shape index (κ1) is 13.7. The highest BCUT2D eigenvalue weighted by Crippen LogP contribution is 2.15. The normalized spacial score (nSPS) is 11.0. The molecule has 0 aliphatic heterocycles. The Hall–Kier alpha value is -2.28. The van der Waals surface area contributed by atoms with E-state index >= 15 is 0 Å². The van der Waals surface area contributed by atoms with Crippen LogP contribution in [0.25, 0.3) is 0 Å². The topological polar surface area (TPSA) is 60.9 Å². The molecule has 0 unspecified atom stereocenters. The molecule has 1 aromatic carbocycles. The fraction of sp³-hybridized carbons (Fsp3) is 0.214. The number of benzene rings is 1. The summed E-state index contributed by atoms with van der Waals surface area (Å²) in [6.45, 7) is 2.28. The van der Waals surface area contributed by atoms with Gasteiger partial charge in [-0.2, -0.15) is 0 Å². The lowest BCUT2D eigenvalue weighted by Crippen LogP contribution is -2.18. The quantitative estimate of drug-likeness (QED) is 0.742. The minimum absolute atomic E-state index is 0.295. The molecule has 0 fully saturated rings. The van der Waals surface area contributed by atoms with Gasteiger partial charge in [0.15, 0.2) is 5.82 Å². The van der Waals surface area contributed by atoms with Crippen molar-refractivity contribution in [3.8, 4) is 0 Å². The fourth-order valence-electron chi connectivity index (χ4n) is 1.99. The van der Waals surface area contributed by atoms with Gasteiger partial charge in [0.1, 0.15) is 5.82 Å². The molecule has 0 N–H and O–H groups in total. The third kappa shape index (κ3) is 2.92. The zero-order valence-electron chi connectivity index (χ0n) is 11.2. The number of hydrogen-bond acceptors (Lipinski definition) is 5. The Labute approximate surface area is 123 Å². The van der Waals surface area contributed by atoms with Crippen molar-refractivity contribution in [1.82, 2.24) is 14.7 Å². The zero-order chi connectivity index (χ0) is 14.8. The molecule has 0 aliphatic carbocycles. The van der Waals surface area contributed by atoms with Gasteiger partial charge in [0.25, 0.3) is 0 Å². The largest absolute Gasteiger partial charge is 0.441 e. The van der Waals surface area contributed by atoms with Crippen molar-refractivity contribution in [2.75, 3.05) is 0 Å². The second-order valence-corrected chi connectivity index (χ2v) is 5.55. The number of aromatic nitrogens is 3. The number of aryl methyl sites for hydroxylation is 1. The summed E-state index contributed by atoms with van der Waals surface area (Å²) in [6, 6.07) is 6.09. The highest BCUT2D eigenvalue weighted by atomic mass is 32.1. The molecule has 0 amide bonds. The highest BCUT2D eigenvalue weighted by Gasteiger charge is 2.13. The van der Waals surface area contributed by atoms with E-state index in [0.717, 1.165) is 16.1 Å². The Morgan fingerprint density at radius 3 is 2.76 bits per heavy atom. The van der Waals surface area contributed by atoms with Crippen LogP contribution in [0.2, 0.25) is 0 Å². The Morgan fingerprint density at radius 1 is 1.33 bits per heavy atom. The van der Waals surface area contributed by atoms with E-state index in [9.17, 15) is 9.18 Å². The summed E-state index contributed by atoms with van der Waals surface area (Å²) in [7, 11) is 0. The van der Waals surface area contributed by atoms with Crippen molar-refractivity contribution < 1.29 is 8.91 Å². The van der Waals surface area contributed by atoms with Crippen LogP contribution in [0.4, 0.5) is 4.39 Å². The van der Waals surface area contributed by atoms with E-state index in [1.54, 1.807) is 17.6 Å². The molecular weight excluding hydrogens is 293 g/mol. The van der Waals surface area contributed by atoms with Crippen LogP contribution in [0.15, 0.2) is 39.1 Å². The predicted molar refractivity (Wildman–Crippen MR) is 75.9 cm³/mol. The Bertz CT molecular complexity index is 804. The maximum Gasteiger partial charge on any atom is 0.441 e. The predicted octanol–water partition coefficient (Wildman–Crippen LogP) is 2.38. The van der Waals surface area contributed by atoms with Crippen LogP contribution in [0.5, 0.6) is 0 Å². The summed E-state index contributed by atoms with van der Waals surface area (Å²) < 4.78 is 19.1. The van der Waals surface area contributed by atoms with Gasteiger partial charge in [-0.05, 0) is 24.6 Å². The van der Waals surface area contributed by atoms with Crippen LogP contribution >= 0.6 is 11.3 Å². The van der Waals surface area contributed by atoms with Crippen molar-refractivity contribution in [1.29, 1.82) is 0 Å². The Balaban J connectivity index is 1.88. The van der Waals surface area contributed by atoms with Crippen LogP contribution in [0.1, 0.15) is 22.0 Å². The molecule has 0 bridgehead atoms. The molecule has 21 heavy (non-hydrogen) atoms. The number of rotatable bonds is 4. The number of halogens is 1. The van der Waals surface area contributed by atoms with Crippen molar-refractivity contribution in [2.45, 2.75) is 19.9 Å². The first-order valence-corrected chi connectivity index (χ1v) is 7.20. The third-order valence-corrected chi connectivity index (χ3v) is 4.10. The zero-order valence-corrected chi connectivity index (χ0v) is 12.1. The molecule has 0 atom stereocenters. The number of hydrogen-bond donors (Lipinski definition) is 0. The Morgan fingerprint density at radius 2 is 2.10 bits per heavy atom. The molecule has 0 spiro atoms. The minimum Gasteiger partial charge on any atom is -0.296 e. The van der Waals surface area contributed by atoms with Gasteiger partial charge < -0.3 is 0 Å². The monoisotopic (exact) mass is 305 g/mol. The molecule has 0 aliphatic rings. The molecule has 2 aromatic heterocycles. The van der Waals surface area contributed by atoms with Crippen LogP contribution in [0, 0.1) is 12.7 Å². The molecule has 0 radical (unpaired) electrons. The lowest BCUT2D eigenvalue weighted by molar-refractivity contribution is 0.375. The molecule has 108 valence electrons. The van der Waals surface area contributed by atoms with Gasteiger partial charge in [-0.3, -0.25) is 9.09 Å². The molecule has 5 nitrogen and oxygen atoms in total. The maximum atomic E-state index is 12.9. The van der Waals surface area contributed by atoms with Gasteiger partial charge in [0, 0.05) is 11.3 Å². The van der Waals surface area contributed by atoms with E-state index in [2.05, 4.69) is 10.1 Å². The van der Waals surface area contributed by atoms with E-state index in [1.165, 1.54) is 28.0 Å². The van der Waals surface area contributed by atoms with Gasteiger partial charge in [0.2, 0.25) is 0 Å². The van der Waals surface area contributed by atoms with Crippen LogP contribution in [-0.4, -0.2) is 14.7 Å². The van der Waals surface area contributed by atoms with Crippen LogP contribution in [0.3, 0.4) is 0 Å². The second kappa shape index (κ2) is 5.61. The number of thiazole rings is 1. The maximum absolute atomic E-state index is 12.9. The van der Waals surface area contributed by atoms with E-state index < -0.39 is 5.76 Å². The smallest absolute Gasteiger partial charge is 0.296 e. The lowest BCUT2D eigenvalue weighted by Gasteiger charge is -2.04. The van der Waals surface area contributed by atoms with Crippen molar-refractivity contribution in [3.05, 3.63) is 68.1 Å². The summed E-state index contributed by atoms with van der Waals surface area (Å²) >= 11 is 1.48. The summed E-state index contributed by atoms with van der Waals surface area (Å²) in [5, 5.41) is 3.81. The second-order valence-electron chi connectivity index (χ2n) is 4.62. The van der Waals surface area contributed by atoms with Gasteiger partial charge in [-0.15, -0.1) is 11.3 Å². The average Bonchev–Trinajstić information content (AvgIpc) is 3.02. The highest BCUT2D eigenvalue weighted by molar-refractivity contribution is 7.09. The first-order chi connectivity index (χ1) is 10.1. The van der Waals surface area contributed by atoms with Crippen LogP contribution < -0.4 is 5.76 Å². The molecule has 3 rings (SSSR count). The average molecular weight is 305 g/mol. The first-order valence-electron chi connectivity index (χ1n) is 6.32. The standard InChI is InChI=1S/C14H12FN3O2S/c1-9-12(21-8-16-9)7-18-13(17-20-14(18)19)6-10-2-4-11(15)5-3-10/h2-5,8H,6-7H2,1H3. The molecule has 2 heterocycles. The Kier molecular flexibility index (Phi) is 3.66. The van der Waals surface area contributed by atoms with Crippen molar-refractivity contribution in [3.63, 3.8) is 0 Å². The van der Waals surface area contributed by atoms with E-state index in [-0.39, 0.29) is 5.82 Å². The molecular formula is C14H12FN3O2S. The minimum atomic E-state index is -0.500. The summed E-state index contributed by atoms with van der Waals surface area (Å²) in [5.41, 5.74) is 3.49. The molecule has 7 heteroatoms. The third-order valence-electron chi connectivity index (χ3n) is 3.18. The molecule has 0 saturated carbocycles. The fourth-order valence-corrected chi connectivity index (χ4v) is 2.75. The van der Waals surface area contributed by atoms with Gasteiger partial charge in [-0.1, -0.05) is 17.3 Å².